The molecule has 0 radical (unpaired) electrons. The number of halogens is 2. The van der Waals surface area contributed by atoms with Crippen LogP contribution in [-0.4, -0.2) is 126 Å². The average molecular weight is 487 g/mol. The molecular weight excluding hydrogens is 455 g/mol. The topological polar surface area (TPSA) is 82.9 Å². The molecule has 3 heterocycles. The Labute approximate surface area is 201 Å². The van der Waals surface area contributed by atoms with Crippen molar-refractivity contribution in [2.45, 2.75) is 18.3 Å². The maximum absolute atomic E-state index is 13.0. The number of urea groups is 1. The minimum absolute atomic E-state index is 0. The Morgan fingerprint density at radius 1 is 1.00 bits per heavy atom. The number of benzene rings is 1. The summed E-state index contributed by atoms with van der Waals surface area (Å²) in [6, 6.07) is 8.64. The Kier molecular flexibility index (Phi) is 8.90. The zero-order valence-electron chi connectivity index (χ0n) is 18.6. The van der Waals surface area contributed by atoms with Crippen molar-refractivity contribution in [3.8, 4) is 0 Å². The molecule has 3 unspecified atom stereocenters. The van der Waals surface area contributed by atoms with Crippen LogP contribution < -0.4 is 0 Å². The summed E-state index contributed by atoms with van der Waals surface area (Å²) in [6.07, 6.45) is -1.23. The molecule has 11 heteroatoms. The van der Waals surface area contributed by atoms with Gasteiger partial charge in [-0.2, -0.15) is 0 Å². The molecule has 2 saturated heterocycles. The van der Waals surface area contributed by atoms with Gasteiger partial charge in [-0.3, -0.25) is 14.6 Å². The van der Waals surface area contributed by atoms with Crippen LogP contribution in [0.3, 0.4) is 0 Å². The molecule has 1 aromatic rings. The van der Waals surface area contributed by atoms with E-state index in [1.165, 1.54) is 11.9 Å². The first kappa shape index (κ1) is 26.3. The van der Waals surface area contributed by atoms with E-state index in [4.69, 9.17) is 4.99 Å². The second-order valence-electron chi connectivity index (χ2n) is 8.38. The molecule has 32 heavy (non-hydrogen) atoms. The summed E-state index contributed by atoms with van der Waals surface area (Å²) in [4.78, 5) is 39.3. The monoisotopic (exact) mass is 486 g/mol. The average Bonchev–Trinajstić information content (AvgIpc) is 3.12. The largest absolute Gasteiger partial charge is 0.390 e. The number of aliphatic hydroxyl groups is 1. The number of hydrogen-bond donors (Lipinski definition) is 1. The molecular formula is C21H32Cl2N6O3. The highest BCUT2D eigenvalue weighted by Crippen LogP contribution is 2.29. The third-order valence-corrected chi connectivity index (χ3v) is 6.22. The van der Waals surface area contributed by atoms with Gasteiger partial charge in [-0.15, -0.1) is 24.8 Å². The molecule has 0 aromatic heterocycles. The zero-order valence-corrected chi connectivity index (χ0v) is 20.3. The van der Waals surface area contributed by atoms with Crippen molar-refractivity contribution in [2.75, 3.05) is 60.4 Å². The smallest absolute Gasteiger partial charge is 0.328 e. The molecule has 4 rings (SSSR count). The predicted molar refractivity (Wildman–Crippen MR) is 128 cm³/mol. The van der Waals surface area contributed by atoms with E-state index in [2.05, 4.69) is 16.8 Å². The fraction of sp³-hybridized carbons (Fsp3) is 0.571. The summed E-state index contributed by atoms with van der Waals surface area (Å²) >= 11 is 0. The minimum Gasteiger partial charge on any atom is -0.390 e. The number of amides is 3. The second kappa shape index (κ2) is 10.8. The lowest BCUT2D eigenvalue weighted by molar-refractivity contribution is -0.136. The van der Waals surface area contributed by atoms with E-state index in [0.717, 1.165) is 36.6 Å². The number of amidine groups is 1. The van der Waals surface area contributed by atoms with E-state index < -0.39 is 18.3 Å². The Morgan fingerprint density at radius 2 is 1.62 bits per heavy atom. The first-order valence-corrected chi connectivity index (χ1v) is 10.4. The third-order valence-electron chi connectivity index (χ3n) is 6.22. The number of carbonyl (C=O) groups excluding carboxylic acids is 2. The maximum atomic E-state index is 13.0. The molecule has 0 bridgehead atoms. The number of hydrogen-bond acceptors (Lipinski definition) is 7. The molecule has 0 saturated carbocycles. The summed E-state index contributed by atoms with van der Waals surface area (Å²) in [6.45, 7) is 4.61. The van der Waals surface area contributed by atoms with Crippen LogP contribution in [0.2, 0.25) is 0 Å². The van der Waals surface area contributed by atoms with Crippen LogP contribution in [0.4, 0.5) is 4.79 Å². The third kappa shape index (κ3) is 5.02. The highest BCUT2D eigenvalue weighted by molar-refractivity contribution is 6.08. The van der Waals surface area contributed by atoms with Crippen molar-refractivity contribution in [2.24, 2.45) is 4.99 Å². The number of piperazine rings is 1. The summed E-state index contributed by atoms with van der Waals surface area (Å²) in [7, 11) is 5.26. The number of likely N-dealkylation sites (N-methyl/N-ethyl adjacent to an activating group) is 3. The first-order valence-electron chi connectivity index (χ1n) is 10.4. The molecule has 1 aromatic carbocycles. The van der Waals surface area contributed by atoms with Gasteiger partial charge in [0.15, 0.2) is 12.2 Å². The standard InChI is InChI=1S/C21H30N6O3.2ClH/c1-23-9-11-26(12-10-23)13-16(28)14-27-17-19(24(2)21(30)25(3)20(17)29)22-18(27)15-7-5-4-6-8-15;;/h4-8,16-17,19,28H,9-14H2,1-3H3;2*1H. The van der Waals surface area contributed by atoms with Gasteiger partial charge < -0.3 is 19.8 Å². The predicted octanol–water partition coefficient (Wildman–Crippen LogP) is 0.419. The Hall–Kier alpha value is -1.91. The number of rotatable bonds is 5. The number of imide groups is 1. The second-order valence-corrected chi connectivity index (χ2v) is 8.38. The van der Waals surface area contributed by atoms with Crippen LogP contribution in [0.1, 0.15) is 5.56 Å². The van der Waals surface area contributed by atoms with Gasteiger partial charge in [0.05, 0.1) is 6.10 Å². The van der Waals surface area contributed by atoms with Crippen LogP contribution in [-0.2, 0) is 4.79 Å². The number of carbonyl (C=O) groups is 2. The van der Waals surface area contributed by atoms with Crippen LogP contribution in [0.5, 0.6) is 0 Å². The number of β-amino-alcohol motifs (C(OH)–C–C–N with tert-alkyl or cyclic N) is 1. The molecule has 9 nitrogen and oxygen atoms in total. The molecule has 2 fully saturated rings. The lowest BCUT2D eigenvalue weighted by Gasteiger charge is -2.41. The maximum Gasteiger partial charge on any atom is 0.328 e. The van der Waals surface area contributed by atoms with Gasteiger partial charge in [0.1, 0.15) is 5.84 Å². The van der Waals surface area contributed by atoms with Crippen LogP contribution in [0, 0.1) is 0 Å². The quantitative estimate of drug-likeness (QED) is 0.649. The summed E-state index contributed by atoms with van der Waals surface area (Å²) in [5, 5.41) is 10.9. The van der Waals surface area contributed by atoms with E-state index in [0.29, 0.717) is 12.4 Å². The lowest BCUT2D eigenvalue weighted by Crippen LogP contribution is -2.64. The lowest BCUT2D eigenvalue weighted by atomic mass is 10.1. The van der Waals surface area contributed by atoms with Gasteiger partial charge >= 0.3 is 6.03 Å². The number of aliphatic hydroxyl groups excluding tert-OH is 1. The van der Waals surface area contributed by atoms with Gasteiger partial charge in [-0.25, -0.2) is 9.79 Å². The summed E-state index contributed by atoms with van der Waals surface area (Å²) in [5.74, 6) is 0.357. The van der Waals surface area contributed by atoms with Gasteiger partial charge in [0.2, 0.25) is 0 Å². The Morgan fingerprint density at radius 3 is 2.25 bits per heavy atom. The van der Waals surface area contributed by atoms with Gasteiger partial charge in [-0.1, -0.05) is 30.3 Å². The van der Waals surface area contributed by atoms with Crippen molar-refractivity contribution in [1.29, 1.82) is 0 Å². The van der Waals surface area contributed by atoms with Crippen LogP contribution >= 0.6 is 24.8 Å². The molecule has 3 amide bonds. The fourth-order valence-corrected chi connectivity index (χ4v) is 4.41. The van der Waals surface area contributed by atoms with Gasteiger partial charge in [0, 0.05) is 58.9 Å². The number of aliphatic imine (C=N–C) groups is 1. The van der Waals surface area contributed by atoms with Crippen molar-refractivity contribution in [1.82, 2.24) is 24.5 Å². The van der Waals surface area contributed by atoms with Crippen molar-refractivity contribution in [3.63, 3.8) is 0 Å². The van der Waals surface area contributed by atoms with E-state index in [-0.39, 0.29) is 43.3 Å². The highest BCUT2D eigenvalue weighted by Gasteiger charge is 2.51. The molecule has 3 aliphatic rings. The van der Waals surface area contributed by atoms with E-state index >= 15 is 0 Å². The SMILES string of the molecule is CN1CCN(CC(O)CN2C(c3ccccc3)=NC3C2C(=O)N(C)C(=O)N3C)CC1.Cl.Cl. The van der Waals surface area contributed by atoms with Gasteiger partial charge in [-0.05, 0) is 7.05 Å². The van der Waals surface area contributed by atoms with Crippen LogP contribution in [0.15, 0.2) is 35.3 Å². The Bertz CT molecular complexity index is 834. The van der Waals surface area contributed by atoms with Crippen molar-refractivity contribution >= 4 is 42.6 Å². The first-order chi connectivity index (χ1) is 14.4. The molecule has 3 aliphatic heterocycles. The van der Waals surface area contributed by atoms with E-state index in [1.54, 1.807) is 7.05 Å². The molecule has 3 atom stereocenters. The normalized spacial score (nSPS) is 25.1. The van der Waals surface area contributed by atoms with E-state index in [9.17, 15) is 14.7 Å². The van der Waals surface area contributed by atoms with E-state index in [1.807, 2.05) is 35.2 Å². The van der Waals surface area contributed by atoms with Gasteiger partial charge in [0.25, 0.3) is 5.91 Å². The minimum atomic E-state index is -0.637. The highest BCUT2D eigenvalue weighted by atomic mass is 35.5. The molecule has 178 valence electrons. The fourth-order valence-electron chi connectivity index (χ4n) is 4.41. The van der Waals surface area contributed by atoms with Crippen molar-refractivity contribution < 1.29 is 14.7 Å². The summed E-state index contributed by atoms with van der Waals surface area (Å²) in [5.41, 5.74) is 0.870. The molecule has 0 spiro atoms. The Balaban J connectivity index is 0.00000181. The van der Waals surface area contributed by atoms with Crippen LogP contribution in [0.25, 0.3) is 0 Å². The molecule has 0 aliphatic carbocycles. The summed E-state index contributed by atoms with van der Waals surface area (Å²) < 4.78 is 0. The van der Waals surface area contributed by atoms with Crippen molar-refractivity contribution in [3.05, 3.63) is 35.9 Å². The zero-order chi connectivity index (χ0) is 21.4. The molecule has 1 N–H and O–H groups in total. The number of fused-ring (bicyclic) bond motifs is 1. The number of nitrogens with zero attached hydrogens (tertiary/aromatic N) is 6.